The maximum Gasteiger partial charge on any atom is 0.341 e. The van der Waals surface area contributed by atoms with Crippen LogP contribution in [0.4, 0.5) is 0 Å². The lowest BCUT2D eigenvalue weighted by molar-refractivity contribution is -0.142. The van der Waals surface area contributed by atoms with E-state index in [9.17, 15) is 9.59 Å². The zero-order valence-corrected chi connectivity index (χ0v) is 18.2. The Labute approximate surface area is 183 Å². The van der Waals surface area contributed by atoms with Gasteiger partial charge in [-0.05, 0) is 54.9 Å². The fourth-order valence-electron chi connectivity index (χ4n) is 4.38. The Kier molecular flexibility index (Phi) is 6.50. The fraction of sp³-hybridized carbons (Fsp3) is 0.423. The molecule has 2 aromatic rings. The van der Waals surface area contributed by atoms with Crippen molar-refractivity contribution in [3.63, 3.8) is 0 Å². The number of aliphatic imine (C=N–C) groups is 1. The highest BCUT2D eigenvalue weighted by Crippen LogP contribution is 2.30. The van der Waals surface area contributed by atoms with Crippen molar-refractivity contribution in [2.75, 3.05) is 6.61 Å². The Morgan fingerprint density at radius 3 is 2.55 bits per heavy atom. The summed E-state index contributed by atoms with van der Waals surface area (Å²) in [5, 5.41) is 2.26. The van der Waals surface area contributed by atoms with Gasteiger partial charge in [0.25, 0.3) is 0 Å². The maximum atomic E-state index is 12.8. The van der Waals surface area contributed by atoms with Crippen LogP contribution < -0.4 is 0 Å². The van der Waals surface area contributed by atoms with E-state index in [1.165, 1.54) is 0 Å². The molecule has 5 heteroatoms. The van der Waals surface area contributed by atoms with E-state index in [2.05, 4.69) is 31.2 Å². The van der Waals surface area contributed by atoms with Gasteiger partial charge in [-0.1, -0.05) is 49.4 Å². The lowest BCUT2D eigenvalue weighted by Gasteiger charge is -2.23. The van der Waals surface area contributed by atoms with Gasteiger partial charge in [-0.2, -0.15) is 0 Å². The largest absolute Gasteiger partial charge is 0.466 e. The molecular weight excluding hydrogens is 390 g/mol. The lowest BCUT2D eigenvalue weighted by Crippen LogP contribution is -2.19. The van der Waals surface area contributed by atoms with Crippen molar-refractivity contribution in [2.24, 2.45) is 10.9 Å². The van der Waals surface area contributed by atoms with Crippen LogP contribution in [0.15, 0.2) is 58.6 Å². The Morgan fingerprint density at radius 2 is 1.81 bits per heavy atom. The van der Waals surface area contributed by atoms with Crippen molar-refractivity contribution >= 4 is 28.6 Å². The first-order valence-corrected chi connectivity index (χ1v) is 11.2. The number of carbonyl (C=O) groups excluding carboxylic acids is 2. The Hall–Kier alpha value is -2.95. The summed E-state index contributed by atoms with van der Waals surface area (Å²) in [6, 6.07) is 14.4. The smallest absolute Gasteiger partial charge is 0.341 e. The molecule has 0 atom stereocenters. The first kappa shape index (κ1) is 21.3. The zero-order chi connectivity index (χ0) is 21.8. The number of hydrogen-bond donors (Lipinski definition) is 0. The number of hydrogen-bond acceptors (Lipinski definition) is 5. The summed E-state index contributed by atoms with van der Waals surface area (Å²) in [7, 11) is 0. The van der Waals surface area contributed by atoms with Crippen LogP contribution >= 0.6 is 0 Å². The fourth-order valence-corrected chi connectivity index (χ4v) is 4.38. The number of cyclic esters (lactones) is 1. The van der Waals surface area contributed by atoms with Gasteiger partial charge >= 0.3 is 11.9 Å². The van der Waals surface area contributed by atoms with E-state index >= 15 is 0 Å². The third-order valence-corrected chi connectivity index (χ3v) is 6.16. The highest BCUT2D eigenvalue weighted by molar-refractivity contribution is 6.16. The third kappa shape index (κ3) is 5.04. The zero-order valence-electron chi connectivity index (χ0n) is 18.2. The molecule has 0 bridgehead atoms. The van der Waals surface area contributed by atoms with Crippen LogP contribution in [0.5, 0.6) is 0 Å². The number of fused-ring (bicyclic) bond motifs is 1. The van der Waals surface area contributed by atoms with E-state index in [1.54, 1.807) is 6.92 Å². The highest BCUT2D eigenvalue weighted by Gasteiger charge is 2.34. The normalized spacial score (nSPS) is 22.8. The SMILES string of the molecule is CCOC(=O)CC1=C(Cc2ccc3ccccc3c2)C(=O)OC1=NC1CCC(C)CC1. The van der Waals surface area contributed by atoms with Crippen LogP contribution in [0.25, 0.3) is 10.8 Å². The van der Waals surface area contributed by atoms with E-state index in [0.29, 0.717) is 36.0 Å². The maximum absolute atomic E-state index is 12.8. The molecule has 31 heavy (non-hydrogen) atoms. The Morgan fingerprint density at radius 1 is 1.06 bits per heavy atom. The van der Waals surface area contributed by atoms with Crippen molar-refractivity contribution < 1.29 is 19.1 Å². The van der Waals surface area contributed by atoms with Gasteiger partial charge in [0.1, 0.15) is 0 Å². The predicted molar refractivity (Wildman–Crippen MR) is 121 cm³/mol. The van der Waals surface area contributed by atoms with Gasteiger partial charge in [0.15, 0.2) is 0 Å². The van der Waals surface area contributed by atoms with Gasteiger partial charge in [-0.3, -0.25) is 4.79 Å². The van der Waals surface area contributed by atoms with E-state index in [-0.39, 0.29) is 18.4 Å². The van der Waals surface area contributed by atoms with Gasteiger partial charge in [-0.25, -0.2) is 9.79 Å². The number of carbonyl (C=O) groups is 2. The quantitative estimate of drug-likeness (QED) is 0.606. The van der Waals surface area contributed by atoms with Crippen molar-refractivity contribution in [2.45, 2.75) is 58.4 Å². The molecule has 1 aliphatic heterocycles. The molecule has 1 heterocycles. The summed E-state index contributed by atoms with van der Waals surface area (Å²) in [6.07, 6.45) is 4.61. The highest BCUT2D eigenvalue weighted by atomic mass is 16.6. The second-order valence-electron chi connectivity index (χ2n) is 8.53. The summed E-state index contributed by atoms with van der Waals surface area (Å²) in [6.45, 7) is 4.33. The van der Waals surface area contributed by atoms with Gasteiger partial charge in [0.05, 0.1) is 24.6 Å². The van der Waals surface area contributed by atoms with Crippen LogP contribution in [0.2, 0.25) is 0 Å². The van der Waals surface area contributed by atoms with Crippen molar-refractivity contribution in [1.82, 2.24) is 0 Å². The Bertz CT molecular complexity index is 1040. The van der Waals surface area contributed by atoms with Gasteiger partial charge in [0, 0.05) is 12.0 Å². The van der Waals surface area contributed by atoms with Gasteiger partial charge in [0.2, 0.25) is 5.90 Å². The molecule has 0 radical (unpaired) electrons. The molecule has 4 rings (SSSR count). The van der Waals surface area contributed by atoms with E-state index in [4.69, 9.17) is 14.5 Å². The summed E-state index contributed by atoms with van der Waals surface area (Å²) >= 11 is 0. The summed E-state index contributed by atoms with van der Waals surface area (Å²) < 4.78 is 10.7. The Balaban J connectivity index is 1.65. The molecule has 0 N–H and O–H groups in total. The molecule has 1 aliphatic carbocycles. The number of benzene rings is 2. The molecule has 0 spiro atoms. The molecule has 0 saturated heterocycles. The molecule has 2 aliphatic rings. The lowest BCUT2D eigenvalue weighted by atomic mass is 9.87. The summed E-state index contributed by atoms with van der Waals surface area (Å²) in [5.41, 5.74) is 2.08. The molecule has 0 aromatic heterocycles. The molecule has 1 fully saturated rings. The van der Waals surface area contributed by atoms with Crippen LogP contribution in [0.3, 0.4) is 0 Å². The van der Waals surface area contributed by atoms with Gasteiger partial charge < -0.3 is 9.47 Å². The first-order valence-electron chi connectivity index (χ1n) is 11.2. The van der Waals surface area contributed by atoms with E-state index in [1.807, 2.05) is 18.2 Å². The molecule has 0 amide bonds. The van der Waals surface area contributed by atoms with E-state index in [0.717, 1.165) is 42.0 Å². The molecule has 0 unspecified atom stereocenters. The molecular formula is C26H29NO4. The topological polar surface area (TPSA) is 65.0 Å². The first-order chi connectivity index (χ1) is 15.0. The average molecular weight is 420 g/mol. The third-order valence-electron chi connectivity index (χ3n) is 6.16. The van der Waals surface area contributed by atoms with Gasteiger partial charge in [-0.15, -0.1) is 0 Å². The number of rotatable bonds is 6. The number of nitrogens with zero attached hydrogens (tertiary/aromatic N) is 1. The molecule has 5 nitrogen and oxygen atoms in total. The minimum Gasteiger partial charge on any atom is -0.466 e. The minimum atomic E-state index is -0.407. The average Bonchev–Trinajstić information content (AvgIpc) is 3.04. The monoisotopic (exact) mass is 419 g/mol. The minimum absolute atomic E-state index is 0.00442. The van der Waals surface area contributed by atoms with Crippen LogP contribution in [-0.2, 0) is 25.5 Å². The number of esters is 2. The summed E-state index contributed by atoms with van der Waals surface area (Å²) in [5.74, 6) is 0.251. The van der Waals surface area contributed by atoms with Crippen LogP contribution in [-0.4, -0.2) is 30.5 Å². The predicted octanol–water partition coefficient (Wildman–Crippen LogP) is 5.17. The number of ether oxygens (including phenoxy) is 2. The molecule has 162 valence electrons. The second-order valence-corrected chi connectivity index (χ2v) is 8.53. The van der Waals surface area contributed by atoms with Crippen LogP contribution in [0.1, 0.15) is 51.5 Å². The molecule has 2 aromatic carbocycles. The van der Waals surface area contributed by atoms with Crippen molar-refractivity contribution in [3.8, 4) is 0 Å². The van der Waals surface area contributed by atoms with Crippen molar-refractivity contribution in [1.29, 1.82) is 0 Å². The van der Waals surface area contributed by atoms with Crippen LogP contribution in [0, 0.1) is 5.92 Å². The second kappa shape index (κ2) is 9.46. The summed E-state index contributed by atoms with van der Waals surface area (Å²) in [4.78, 5) is 29.8. The standard InChI is InChI=1S/C26H29NO4/c1-3-30-24(28)16-22-23(15-18-10-11-19-6-4-5-7-20(19)14-18)26(29)31-25(22)27-21-12-8-17(2)9-13-21/h4-7,10-11,14,17,21H,3,8-9,12-13,15-16H2,1-2H3. The molecule has 1 saturated carbocycles. The van der Waals surface area contributed by atoms with E-state index < -0.39 is 5.97 Å². The van der Waals surface area contributed by atoms with Crippen molar-refractivity contribution in [3.05, 3.63) is 59.2 Å².